The summed E-state index contributed by atoms with van der Waals surface area (Å²) in [5.41, 5.74) is 6.16. The standard InChI is InChI=1S/C23H23FN6OS/c1-14(2)21-19(22(31)29(4)11-18-12-32-13-26-18)10-27-30(21)23-25-9-15(3)20(28-23)16-5-7-17(24)8-6-16/h5-10,12-14H,11H2,1-4H3. The van der Waals surface area contributed by atoms with Crippen molar-refractivity contribution in [2.45, 2.75) is 33.2 Å². The second kappa shape index (κ2) is 8.96. The molecule has 0 N–H and O–H groups in total. The first-order chi connectivity index (χ1) is 15.3. The number of nitrogens with zero attached hydrogens (tertiary/aromatic N) is 6. The maximum atomic E-state index is 13.4. The molecule has 9 heteroatoms. The lowest BCUT2D eigenvalue weighted by atomic mass is 10.0. The van der Waals surface area contributed by atoms with Crippen LogP contribution in [0.25, 0.3) is 17.2 Å². The van der Waals surface area contributed by atoms with E-state index in [0.29, 0.717) is 23.8 Å². The molecule has 4 aromatic rings. The molecule has 1 amide bonds. The molecular weight excluding hydrogens is 427 g/mol. The van der Waals surface area contributed by atoms with Crippen LogP contribution in [-0.4, -0.2) is 42.6 Å². The summed E-state index contributed by atoms with van der Waals surface area (Å²) in [5, 5.41) is 6.38. The summed E-state index contributed by atoms with van der Waals surface area (Å²) < 4.78 is 15.0. The molecule has 0 radical (unpaired) electrons. The molecule has 7 nitrogen and oxygen atoms in total. The van der Waals surface area contributed by atoms with Gasteiger partial charge in [-0.3, -0.25) is 4.79 Å². The van der Waals surface area contributed by atoms with Crippen molar-refractivity contribution in [3.63, 3.8) is 0 Å². The summed E-state index contributed by atoms with van der Waals surface area (Å²) >= 11 is 1.50. The summed E-state index contributed by atoms with van der Waals surface area (Å²) in [6, 6.07) is 6.17. The van der Waals surface area contributed by atoms with Crippen LogP contribution >= 0.6 is 11.3 Å². The van der Waals surface area contributed by atoms with Crippen LogP contribution in [-0.2, 0) is 6.54 Å². The number of hydrogen-bond acceptors (Lipinski definition) is 6. The molecule has 0 bridgehead atoms. The third kappa shape index (κ3) is 4.29. The van der Waals surface area contributed by atoms with E-state index in [2.05, 4.69) is 15.1 Å². The van der Waals surface area contributed by atoms with Gasteiger partial charge < -0.3 is 4.90 Å². The number of amides is 1. The van der Waals surface area contributed by atoms with E-state index in [-0.39, 0.29) is 17.6 Å². The van der Waals surface area contributed by atoms with Crippen LogP contribution in [0.2, 0.25) is 0 Å². The first kappa shape index (κ1) is 21.8. The molecule has 3 aromatic heterocycles. The van der Waals surface area contributed by atoms with Crippen molar-refractivity contribution in [3.8, 4) is 17.2 Å². The lowest BCUT2D eigenvalue weighted by Crippen LogP contribution is -2.27. The minimum Gasteiger partial charge on any atom is -0.336 e. The highest BCUT2D eigenvalue weighted by Crippen LogP contribution is 2.26. The molecular formula is C23H23FN6OS. The van der Waals surface area contributed by atoms with Crippen LogP contribution < -0.4 is 0 Å². The highest BCUT2D eigenvalue weighted by Gasteiger charge is 2.25. The van der Waals surface area contributed by atoms with E-state index in [1.165, 1.54) is 23.5 Å². The van der Waals surface area contributed by atoms with Crippen molar-refractivity contribution in [2.75, 3.05) is 7.05 Å². The van der Waals surface area contributed by atoms with Crippen molar-refractivity contribution in [2.24, 2.45) is 0 Å². The molecule has 4 rings (SSSR count). The van der Waals surface area contributed by atoms with Crippen LogP contribution in [0.5, 0.6) is 0 Å². The summed E-state index contributed by atoms with van der Waals surface area (Å²) in [6.07, 6.45) is 3.28. The van der Waals surface area contributed by atoms with Crippen LogP contribution in [0.4, 0.5) is 4.39 Å². The number of aromatic nitrogens is 5. The molecule has 32 heavy (non-hydrogen) atoms. The maximum Gasteiger partial charge on any atom is 0.257 e. The number of hydrogen-bond donors (Lipinski definition) is 0. The quantitative estimate of drug-likeness (QED) is 0.428. The Kier molecular flexibility index (Phi) is 6.09. The zero-order chi connectivity index (χ0) is 22.8. The number of thiazole rings is 1. The van der Waals surface area contributed by atoms with Gasteiger partial charge in [-0.15, -0.1) is 11.3 Å². The lowest BCUT2D eigenvalue weighted by molar-refractivity contribution is 0.0782. The van der Waals surface area contributed by atoms with Crippen LogP contribution in [0.3, 0.4) is 0 Å². The predicted molar refractivity (Wildman–Crippen MR) is 121 cm³/mol. The van der Waals surface area contributed by atoms with Gasteiger partial charge in [0.2, 0.25) is 0 Å². The summed E-state index contributed by atoms with van der Waals surface area (Å²) in [5.74, 6) is -0.0817. The summed E-state index contributed by atoms with van der Waals surface area (Å²) in [4.78, 5) is 28.2. The third-order valence-electron chi connectivity index (χ3n) is 5.08. The topological polar surface area (TPSA) is 76.8 Å². The van der Waals surface area contributed by atoms with Gasteiger partial charge >= 0.3 is 0 Å². The second-order valence-electron chi connectivity index (χ2n) is 7.86. The fraction of sp³-hybridized carbons (Fsp3) is 0.261. The largest absolute Gasteiger partial charge is 0.336 e. The van der Waals surface area contributed by atoms with Crippen molar-refractivity contribution >= 4 is 17.2 Å². The number of halogens is 1. The minimum absolute atomic E-state index is 0.00305. The Labute approximate surface area is 189 Å². The molecule has 1 aromatic carbocycles. The van der Waals surface area contributed by atoms with Gasteiger partial charge in [0.1, 0.15) is 5.82 Å². The van der Waals surface area contributed by atoms with E-state index < -0.39 is 0 Å². The number of carbonyl (C=O) groups is 1. The Bertz CT molecular complexity index is 1230. The number of rotatable bonds is 6. The van der Waals surface area contributed by atoms with Crippen LogP contribution in [0.15, 0.2) is 47.5 Å². The van der Waals surface area contributed by atoms with Crippen molar-refractivity contribution in [3.05, 3.63) is 75.9 Å². The van der Waals surface area contributed by atoms with E-state index >= 15 is 0 Å². The van der Waals surface area contributed by atoms with Gasteiger partial charge in [0.15, 0.2) is 0 Å². The van der Waals surface area contributed by atoms with Gasteiger partial charge in [-0.2, -0.15) is 5.10 Å². The Morgan fingerprint density at radius 2 is 1.94 bits per heavy atom. The van der Waals surface area contributed by atoms with E-state index in [1.807, 2.05) is 26.2 Å². The Balaban J connectivity index is 1.72. The first-order valence-corrected chi connectivity index (χ1v) is 11.1. The molecule has 0 aliphatic rings. The molecule has 3 heterocycles. The average Bonchev–Trinajstić information content (AvgIpc) is 3.44. The van der Waals surface area contributed by atoms with Crippen LogP contribution in [0.1, 0.15) is 47.1 Å². The normalized spacial score (nSPS) is 11.2. The first-order valence-electron chi connectivity index (χ1n) is 10.2. The molecule has 0 unspecified atom stereocenters. The molecule has 0 saturated carbocycles. The maximum absolute atomic E-state index is 13.4. The zero-order valence-corrected chi connectivity index (χ0v) is 19.1. The smallest absolute Gasteiger partial charge is 0.257 e. The molecule has 0 aliphatic carbocycles. The fourth-order valence-electron chi connectivity index (χ4n) is 3.51. The molecule has 0 fully saturated rings. The molecule has 0 spiro atoms. The minimum atomic E-state index is -0.306. The second-order valence-corrected chi connectivity index (χ2v) is 8.58. The van der Waals surface area contributed by atoms with E-state index in [1.54, 1.807) is 46.7 Å². The van der Waals surface area contributed by atoms with Gasteiger partial charge in [0.25, 0.3) is 11.9 Å². The van der Waals surface area contributed by atoms with E-state index in [0.717, 1.165) is 22.5 Å². The van der Waals surface area contributed by atoms with Gasteiger partial charge in [0, 0.05) is 24.2 Å². The third-order valence-corrected chi connectivity index (χ3v) is 5.71. The Morgan fingerprint density at radius 1 is 1.19 bits per heavy atom. The zero-order valence-electron chi connectivity index (χ0n) is 18.3. The van der Waals surface area contributed by atoms with Crippen molar-refractivity contribution < 1.29 is 9.18 Å². The van der Waals surface area contributed by atoms with E-state index in [9.17, 15) is 9.18 Å². The van der Waals surface area contributed by atoms with Gasteiger partial charge in [-0.1, -0.05) is 13.8 Å². The van der Waals surface area contributed by atoms with Gasteiger partial charge in [0.05, 0.1) is 40.9 Å². The molecule has 0 saturated heterocycles. The van der Waals surface area contributed by atoms with Crippen molar-refractivity contribution in [1.82, 2.24) is 29.6 Å². The van der Waals surface area contributed by atoms with Crippen molar-refractivity contribution in [1.29, 1.82) is 0 Å². The molecule has 0 atom stereocenters. The van der Waals surface area contributed by atoms with E-state index in [4.69, 9.17) is 4.98 Å². The Morgan fingerprint density at radius 3 is 2.59 bits per heavy atom. The van der Waals surface area contributed by atoms with Crippen LogP contribution in [0, 0.1) is 12.7 Å². The molecule has 0 aliphatic heterocycles. The summed E-state index contributed by atoms with van der Waals surface area (Å²) in [6.45, 7) is 6.32. The predicted octanol–water partition coefficient (Wildman–Crippen LogP) is 4.63. The summed E-state index contributed by atoms with van der Waals surface area (Å²) in [7, 11) is 1.75. The number of benzene rings is 1. The number of aryl methyl sites for hydroxylation is 1. The lowest BCUT2D eigenvalue weighted by Gasteiger charge is -2.18. The number of carbonyl (C=O) groups excluding carboxylic acids is 1. The van der Waals surface area contributed by atoms with Gasteiger partial charge in [-0.05, 0) is 42.7 Å². The highest BCUT2D eigenvalue weighted by atomic mass is 32.1. The monoisotopic (exact) mass is 450 g/mol. The highest BCUT2D eigenvalue weighted by molar-refractivity contribution is 7.07. The fourth-order valence-corrected chi connectivity index (χ4v) is 4.06. The average molecular weight is 451 g/mol. The molecule has 164 valence electrons. The van der Waals surface area contributed by atoms with Gasteiger partial charge in [-0.25, -0.2) is 24.0 Å². The SMILES string of the molecule is Cc1cnc(-n2ncc(C(=O)N(C)Cc3cscn3)c2C(C)C)nc1-c1ccc(F)cc1. The Hall–Kier alpha value is -3.46.